The van der Waals surface area contributed by atoms with Gasteiger partial charge in [0, 0.05) is 12.2 Å². The molecule has 92 valence electrons. The van der Waals surface area contributed by atoms with Gasteiger partial charge in [-0.15, -0.1) is 0 Å². The zero-order valence-electron chi connectivity index (χ0n) is 10.5. The van der Waals surface area contributed by atoms with Crippen molar-refractivity contribution in [3.8, 4) is 0 Å². The molecule has 0 fully saturated rings. The Kier molecular flexibility index (Phi) is 3.67. The minimum atomic E-state index is -0.208. The number of anilines is 1. The first-order chi connectivity index (χ1) is 8.16. The molecule has 0 bridgehead atoms. The maximum atomic E-state index is 11.8. The SMILES string of the molecule is CC(C)CCOC(=O)c1ccc2c(c1)CCN2. The van der Waals surface area contributed by atoms with Gasteiger partial charge in [-0.05, 0) is 42.5 Å². The zero-order chi connectivity index (χ0) is 12.3. The molecule has 0 spiro atoms. The first-order valence-corrected chi connectivity index (χ1v) is 6.21. The number of rotatable bonds is 4. The Morgan fingerprint density at radius 3 is 3.06 bits per heavy atom. The van der Waals surface area contributed by atoms with Crippen molar-refractivity contribution in [3.05, 3.63) is 29.3 Å². The largest absolute Gasteiger partial charge is 0.462 e. The molecular formula is C14H19NO2. The molecule has 0 unspecified atom stereocenters. The molecule has 0 atom stereocenters. The van der Waals surface area contributed by atoms with Crippen molar-refractivity contribution < 1.29 is 9.53 Å². The fraction of sp³-hybridized carbons (Fsp3) is 0.500. The van der Waals surface area contributed by atoms with Crippen LogP contribution in [0, 0.1) is 5.92 Å². The second-order valence-corrected chi connectivity index (χ2v) is 4.87. The van der Waals surface area contributed by atoms with Gasteiger partial charge in [0.25, 0.3) is 0 Å². The van der Waals surface area contributed by atoms with Gasteiger partial charge in [-0.1, -0.05) is 13.8 Å². The average molecular weight is 233 g/mol. The van der Waals surface area contributed by atoms with Gasteiger partial charge in [-0.2, -0.15) is 0 Å². The third-order valence-electron chi connectivity index (χ3n) is 2.98. The van der Waals surface area contributed by atoms with E-state index in [9.17, 15) is 4.79 Å². The highest BCUT2D eigenvalue weighted by Gasteiger charge is 2.14. The summed E-state index contributed by atoms with van der Waals surface area (Å²) in [5.74, 6) is 0.354. The van der Waals surface area contributed by atoms with Gasteiger partial charge in [-0.25, -0.2) is 4.79 Å². The van der Waals surface area contributed by atoms with Crippen molar-refractivity contribution >= 4 is 11.7 Å². The summed E-state index contributed by atoms with van der Waals surface area (Å²) in [7, 11) is 0. The number of hydrogen-bond acceptors (Lipinski definition) is 3. The summed E-state index contributed by atoms with van der Waals surface area (Å²) < 4.78 is 5.24. The van der Waals surface area contributed by atoms with Crippen molar-refractivity contribution in [2.24, 2.45) is 5.92 Å². The Morgan fingerprint density at radius 1 is 1.47 bits per heavy atom. The summed E-state index contributed by atoms with van der Waals surface area (Å²) in [6.45, 7) is 5.71. The fourth-order valence-electron chi connectivity index (χ4n) is 1.90. The Labute approximate surface area is 102 Å². The van der Waals surface area contributed by atoms with Crippen LogP contribution in [-0.2, 0) is 11.2 Å². The molecule has 0 aromatic heterocycles. The maximum Gasteiger partial charge on any atom is 0.338 e. The Balaban J connectivity index is 1.95. The predicted octanol–water partition coefficient (Wildman–Crippen LogP) is 2.86. The van der Waals surface area contributed by atoms with Crippen LogP contribution in [0.1, 0.15) is 36.2 Å². The minimum Gasteiger partial charge on any atom is -0.462 e. The molecule has 2 rings (SSSR count). The van der Waals surface area contributed by atoms with Crippen molar-refractivity contribution in [1.29, 1.82) is 0 Å². The molecule has 0 saturated heterocycles. The van der Waals surface area contributed by atoms with Gasteiger partial charge >= 0.3 is 5.97 Å². The normalized spacial score (nSPS) is 13.4. The van der Waals surface area contributed by atoms with Gasteiger partial charge in [0.15, 0.2) is 0 Å². The van der Waals surface area contributed by atoms with Gasteiger partial charge < -0.3 is 10.1 Å². The second kappa shape index (κ2) is 5.21. The van der Waals surface area contributed by atoms with E-state index in [1.165, 1.54) is 5.56 Å². The van der Waals surface area contributed by atoms with Crippen molar-refractivity contribution in [2.75, 3.05) is 18.5 Å². The quantitative estimate of drug-likeness (QED) is 0.813. The monoisotopic (exact) mass is 233 g/mol. The van der Waals surface area contributed by atoms with E-state index in [2.05, 4.69) is 19.2 Å². The molecule has 1 aliphatic rings. The van der Waals surface area contributed by atoms with E-state index >= 15 is 0 Å². The van der Waals surface area contributed by atoms with E-state index < -0.39 is 0 Å². The van der Waals surface area contributed by atoms with Crippen LogP contribution >= 0.6 is 0 Å². The molecule has 1 aliphatic heterocycles. The van der Waals surface area contributed by atoms with Crippen LogP contribution in [0.25, 0.3) is 0 Å². The van der Waals surface area contributed by atoms with Gasteiger partial charge in [0.1, 0.15) is 0 Å². The van der Waals surface area contributed by atoms with E-state index in [0.717, 1.165) is 25.1 Å². The lowest BCUT2D eigenvalue weighted by molar-refractivity contribution is 0.0488. The van der Waals surface area contributed by atoms with Crippen LogP contribution in [-0.4, -0.2) is 19.1 Å². The first-order valence-electron chi connectivity index (χ1n) is 6.21. The summed E-state index contributed by atoms with van der Waals surface area (Å²) in [6.07, 6.45) is 1.90. The van der Waals surface area contributed by atoms with Crippen molar-refractivity contribution in [3.63, 3.8) is 0 Å². The first kappa shape index (κ1) is 12.0. The molecule has 17 heavy (non-hydrogen) atoms. The predicted molar refractivity (Wildman–Crippen MR) is 68.4 cm³/mol. The summed E-state index contributed by atoms with van der Waals surface area (Å²) in [4.78, 5) is 11.8. The highest BCUT2D eigenvalue weighted by molar-refractivity contribution is 5.90. The zero-order valence-corrected chi connectivity index (χ0v) is 10.5. The average Bonchev–Trinajstić information content (AvgIpc) is 2.75. The molecule has 1 heterocycles. The third-order valence-corrected chi connectivity index (χ3v) is 2.98. The van der Waals surface area contributed by atoms with Gasteiger partial charge in [0.2, 0.25) is 0 Å². The number of benzene rings is 1. The Hall–Kier alpha value is -1.51. The Bertz CT molecular complexity index is 413. The molecular weight excluding hydrogens is 214 g/mol. The molecule has 0 radical (unpaired) electrons. The van der Waals surface area contributed by atoms with Crippen LogP contribution in [0.2, 0.25) is 0 Å². The fourth-order valence-corrected chi connectivity index (χ4v) is 1.90. The third kappa shape index (κ3) is 2.99. The molecule has 1 aromatic carbocycles. The van der Waals surface area contributed by atoms with Crippen LogP contribution in [0.15, 0.2) is 18.2 Å². The Morgan fingerprint density at radius 2 is 2.29 bits per heavy atom. The number of fused-ring (bicyclic) bond motifs is 1. The number of carbonyl (C=O) groups is 1. The lowest BCUT2D eigenvalue weighted by Gasteiger charge is -2.07. The standard InChI is InChI=1S/C14H19NO2/c1-10(2)6-8-17-14(16)12-3-4-13-11(9-12)5-7-15-13/h3-4,9-10,15H,5-8H2,1-2H3. The van der Waals surface area contributed by atoms with E-state index in [-0.39, 0.29) is 5.97 Å². The molecule has 0 aliphatic carbocycles. The molecule has 1 aromatic rings. The van der Waals surface area contributed by atoms with E-state index in [1.54, 1.807) is 0 Å². The number of carbonyl (C=O) groups excluding carboxylic acids is 1. The summed E-state index contributed by atoms with van der Waals surface area (Å²) >= 11 is 0. The molecule has 3 heteroatoms. The second-order valence-electron chi connectivity index (χ2n) is 4.87. The van der Waals surface area contributed by atoms with Crippen LogP contribution in [0.3, 0.4) is 0 Å². The van der Waals surface area contributed by atoms with Gasteiger partial charge in [-0.3, -0.25) is 0 Å². The number of nitrogens with one attached hydrogen (secondary N) is 1. The number of esters is 1. The summed E-state index contributed by atoms with van der Waals surface area (Å²) in [5.41, 5.74) is 3.02. The van der Waals surface area contributed by atoms with E-state index in [1.807, 2.05) is 18.2 Å². The smallest absolute Gasteiger partial charge is 0.338 e. The maximum absolute atomic E-state index is 11.8. The molecule has 1 N–H and O–H groups in total. The molecule has 3 nitrogen and oxygen atoms in total. The minimum absolute atomic E-state index is 0.208. The summed E-state index contributed by atoms with van der Waals surface area (Å²) in [6, 6.07) is 5.73. The van der Waals surface area contributed by atoms with Crippen LogP contribution in [0.5, 0.6) is 0 Å². The van der Waals surface area contributed by atoms with Gasteiger partial charge in [0.05, 0.1) is 12.2 Å². The lowest BCUT2D eigenvalue weighted by atomic mass is 10.1. The highest BCUT2D eigenvalue weighted by atomic mass is 16.5. The number of ether oxygens (including phenoxy) is 1. The van der Waals surface area contributed by atoms with Crippen LogP contribution < -0.4 is 5.32 Å². The van der Waals surface area contributed by atoms with E-state index in [4.69, 9.17) is 4.74 Å². The highest BCUT2D eigenvalue weighted by Crippen LogP contribution is 2.23. The van der Waals surface area contributed by atoms with Crippen molar-refractivity contribution in [2.45, 2.75) is 26.7 Å². The summed E-state index contributed by atoms with van der Waals surface area (Å²) in [5, 5.41) is 3.27. The number of hydrogen-bond donors (Lipinski definition) is 1. The molecule has 0 amide bonds. The van der Waals surface area contributed by atoms with Crippen LogP contribution in [0.4, 0.5) is 5.69 Å². The molecule has 0 saturated carbocycles. The topological polar surface area (TPSA) is 38.3 Å². The van der Waals surface area contributed by atoms with E-state index in [0.29, 0.717) is 18.1 Å². The van der Waals surface area contributed by atoms with Crippen molar-refractivity contribution in [1.82, 2.24) is 0 Å². The lowest BCUT2D eigenvalue weighted by Crippen LogP contribution is -2.08.